The Morgan fingerprint density at radius 2 is 2.31 bits per heavy atom. The Kier molecular flexibility index (Phi) is 3.62. The molecule has 0 bridgehead atoms. The zero-order valence-corrected chi connectivity index (χ0v) is 9.95. The lowest BCUT2D eigenvalue weighted by atomic mass is 9.82. The Balaban J connectivity index is 2.26. The summed E-state index contributed by atoms with van der Waals surface area (Å²) in [5.74, 6) is 0.657. The van der Waals surface area contributed by atoms with Gasteiger partial charge in [0.2, 0.25) is 0 Å². The van der Waals surface area contributed by atoms with Crippen molar-refractivity contribution >= 4 is 0 Å². The van der Waals surface area contributed by atoms with E-state index in [4.69, 9.17) is 10.8 Å². The van der Waals surface area contributed by atoms with Crippen molar-refractivity contribution in [1.29, 1.82) is 0 Å². The third-order valence-corrected chi connectivity index (χ3v) is 3.65. The molecule has 0 heterocycles. The van der Waals surface area contributed by atoms with Gasteiger partial charge in [-0.2, -0.15) is 0 Å². The lowest BCUT2D eigenvalue weighted by molar-refractivity contribution is 0.276. The van der Waals surface area contributed by atoms with Gasteiger partial charge in [-0.3, -0.25) is 0 Å². The fourth-order valence-electron chi connectivity index (χ4n) is 2.59. The van der Waals surface area contributed by atoms with Crippen LogP contribution in [-0.2, 0) is 6.42 Å². The summed E-state index contributed by atoms with van der Waals surface area (Å²) in [6.45, 7) is 2.45. The van der Waals surface area contributed by atoms with E-state index in [2.05, 4.69) is 25.1 Å². The molecule has 2 heteroatoms. The van der Waals surface area contributed by atoms with E-state index in [0.29, 0.717) is 12.3 Å². The van der Waals surface area contributed by atoms with E-state index in [-0.39, 0.29) is 12.6 Å². The number of rotatable bonds is 3. The first-order chi connectivity index (χ1) is 7.72. The summed E-state index contributed by atoms with van der Waals surface area (Å²) < 4.78 is 0. The molecule has 0 aliphatic heterocycles. The van der Waals surface area contributed by atoms with Gasteiger partial charge in [0.1, 0.15) is 0 Å². The summed E-state index contributed by atoms with van der Waals surface area (Å²) in [5, 5.41) is 8.91. The van der Waals surface area contributed by atoms with Crippen LogP contribution in [0.1, 0.15) is 54.8 Å². The highest BCUT2D eigenvalue weighted by Gasteiger charge is 2.17. The van der Waals surface area contributed by atoms with Crippen molar-refractivity contribution in [3.63, 3.8) is 0 Å². The molecule has 88 valence electrons. The van der Waals surface area contributed by atoms with Crippen LogP contribution in [-0.4, -0.2) is 11.7 Å². The molecule has 3 N–H and O–H groups in total. The number of benzene rings is 1. The van der Waals surface area contributed by atoms with Gasteiger partial charge in [-0.05, 0) is 48.3 Å². The topological polar surface area (TPSA) is 46.2 Å². The highest BCUT2D eigenvalue weighted by atomic mass is 16.3. The Bertz CT molecular complexity index is 362. The van der Waals surface area contributed by atoms with E-state index in [0.717, 1.165) is 0 Å². The SMILES string of the molecule is CC1CCCc2ccc(C(N)CCO)cc21. The first-order valence-electron chi connectivity index (χ1n) is 6.21. The molecule has 0 fully saturated rings. The second-order valence-electron chi connectivity index (χ2n) is 4.87. The Morgan fingerprint density at radius 3 is 3.06 bits per heavy atom. The van der Waals surface area contributed by atoms with Crippen LogP contribution in [0.15, 0.2) is 18.2 Å². The van der Waals surface area contributed by atoms with Crippen LogP contribution in [0.2, 0.25) is 0 Å². The normalized spacial score (nSPS) is 21.6. The molecule has 2 rings (SSSR count). The molecule has 2 nitrogen and oxygen atoms in total. The van der Waals surface area contributed by atoms with Gasteiger partial charge in [-0.15, -0.1) is 0 Å². The van der Waals surface area contributed by atoms with Gasteiger partial charge < -0.3 is 10.8 Å². The van der Waals surface area contributed by atoms with Crippen LogP contribution in [0.25, 0.3) is 0 Å². The van der Waals surface area contributed by atoms with Crippen molar-refractivity contribution in [2.45, 2.75) is 44.6 Å². The summed E-state index contributed by atoms with van der Waals surface area (Å²) >= 11 is 0. The van der Waals surface area contributed by atoms with E-state index < -0.39 is 0 Å². The number of nitrogens with two attached hydrogens (primary N) is 1. The quantitative estimate of drug-likeness (QED) is 0.820. The minimum atomic E-state index is -0.0237. The zero-order chi connectivity index (χ0) is 11.5. The predicted molar refractivity (Wildman–Crippen MR) is 66.4 cm³/mol. The zero-order valence-electron chi connectivity index (χ0n) is 9.95. The Hall–Kier alpha value is -0.860. The Morgan fingerprint density at radius 1 is 1.50 bits per heavy atom. The molecule has 1 aromatic rings. The lowest BCUT2D eigenvalue weighted by Crippen LogP contribution is -2.14. The van der Waals surface area contributed by atoms with Crippen LogP contribution in [0.5, 0.6) is 0 Å². The summed E-state index contributed by atoms with van der Waals surface area (Å²) in [6, 6.07) is 6.57. The van der Waals surface area contributed by atoms with E-state index in [1.165, 1.54) is 36.0 Å². The average molecular weight is 219 g/mol. The average Bonchev–Trinajstić information content (AvgIpc) is 2.29. The van der Waals surface area contributed by atoms with Gasteiger partial charge in [-0.1, -0.05) is 25.1 Å². The first-order valence-corrected chi connectivity index (χ1v) is 6.21. The van der Waals surface area contributed by atoms with Crippen LogP contribution >= 0.6 is 0 Å². The van der Waals surface area contributed by atoms with Gasteiger partial charge in [0, 0.05) is 12.6 Å². The lowest BCUT2D eigenvalue weighted by Gasteiger charge is -2.24. The fraction of sp³-hybridized carbons (Fsp3) is 0.571. The highest BCUT2D eigenvalue weighted by molar-refractivity contribution is 5.37. The summed E-state index contributed by atoms with van der Waals surface area (Å²) in [7, 11) is 0. The van der Waals surface area contributed by atoms with Crippen molar-refractivity contribution in [2.75, 3.05) is 6.61 Å². The van der Waals surface area contributed by atoms with E-state index in [1.54, 1.807) is 0 Å². The first kappa shape index (κ1) is 11.6. The van der Waals surface area contributed by atoms with E-state index >= 15 is 0 Å². The molecular formula is C14H21NO. The van der Waals surface area contributed by atoms with E-state index in [1.807, 2.05) is 0 Å². The summed E-state index contributed by atoms with van der Waals surface area (Å²) in [4.78, 5) is 0. The van der Waals surface area contributed by atoms with Crippen LogP contribution in [0, 0.1) is 0 Å². The maximum absolute atomic E-state index is 8.91. The smallest absolute Gasteiger partial charge is 0.0449 e. The number of aliphatic hydroxyl groups excluding tert-OH is 1. The molecule has 0 aromatic heterocycles. The van der Waals surface area contributed by atoms with Crippen molar-refractivity contribution in [2.24, 2.45) is 5.73 Å². The third-order valence-electron chi connectivity index (χ3n) is 3.65. The van der Waals surface area contributed by atoms with Crippen molar-refractivity contribution < 1.29 is 5.11 Å². The van der Waals surface area contributed by atoms with Gasteiger partial charge in [0.15, 0.2) is 0 Å². The number of aryl methyl sites for hydroxylation is 1. The minimum absolute atomic E-state index is 0.0237. The molecule has 0 saturated heterocycles. The summed E-state index contributed by atoms with van der Waals surface area (Å²) in [6.07, 6.45) is 4.43. The maximum Gasteiger partial charge on any atom is 0.0449 e. The number of fused-ring (bicyclic) bond motifs is 1. The van der Waals surface area contributed by atoms with Gasteiger partial charge in [0.25, 0.3) is 0 Å². The molecule has 1 aromatic carbocycles. The second kappa shape index (κ2) is 4.98. The second-order valence-corrected chi connectivity index (χ2v) is 4.87. The maximum atomic E-state index is 8.91. The number of hydrogen-bond acceptors (Lipinski definition) is 2. The monoisotopic (exact) mass is 219 g/mol. The van der Waals surface area contributed by atoms with Gasteiger partial charge in [-0.25, -0.2) is 0 Å². The molecule has 16 heavy (non-hydrogen) atoms. The largest absolute Gasteiger partial charge is 0.396 e. The molecule has 2 unspecified atom stereocenters. The Labute approximate surface area is 97.5 Å². The molecule has 0 radical (unpaired) electrons. The third kappa shape index (κ3) is 2.28. The van der Waals surface area contributed by atoms with Gasteiger partial charge >= 0.3 is 0 Å². The molecular weight excluding hydrogens is 198 g/mol. The summed E-state index contributed by atoms with van der Waals surface area (Å²) in [5.41, 5.74) is 10.1. The molecule has 2 atom stereocenters. The molecule has 1 aliphatic rings. The molecule has 0 saturated carbocycles. The van der Waals surface area contributed by atoms with Crippen molar-refractivity contribution in [3.8, 4) is 0 Å². The molecule has 0 spiro atoms. The number of hydrogen-bond donors (Lipinski definition) is 2. The van der Waals surface area contributed by atoms with Crippen molar-refractivity contribution in [3.05, 3.63) is 34.9 Å². The van der Waals surface area contributed by atoms with Crippen molar-refractivity contribution in [1.82, 2.24) is 0 Å². The predicted octanol–water partition coefficient (Wildman–Crippen LogP) is 2.51. The van der Waals surface area contributed by atoms with Gasteiger partial charge in [0.05, 0.1) is 0 Å². The fourth-order valence-corrected chi connectivity index (χ4v) is 2.59. The van der Waals surface area contributed by atoms with Crippen LogP contribution in [0.4, 0.5) is 0 Å². The molecule has 1 aliphatic carbocycles. The van der Waals surface area contributed by atoms with Crippen LogP contribution < -0.4 is 5.73 Å². The van der Waals surface area contributed by atoms with Crippen LogP contribution in [0.3, 0.4) is 0 Å². The molecule has 0 amide bonds. The van der Waals surface area contributed by atoms with E-state index in [9.17, 15) is 0 Å². The highest BCUT2D eigenvalue weighted by Crippen LogP contribution is 2.32. The number of aliphatic hydroxyl groups is 1. The standard InChI is InChI=1S/C14H21NO/c1-10-3-2-4-11-5-6-12(9-13(10)11)14(15)7-8-16/h5-6,9-10,14,16H,2-4,7-8,15H2,1H3. The minimum Gasteiger partial charge on any atom is -0.396 e.